The van der Waals surface area contributed by atoms with Gasteiger partial charge in [-0.05, 0) is 62.4 Å². The monoisotopic (exact) mass is 303 g/mol. The summed E-state index contributed by atoms with van der Waals surface area (Å²) >= 11 is 0. The minimum absolute atomic E-state index is 0.115. The molecular weight excluding hydrogens is 282 g/mol. The van der Waals surface area contributed by atoms with Crippen molar-refractivity contribution in [3.05, 3.63) is 35.1 Å². The van der Waals surface area contributed by atoms with E-state index < -0.39 is 12.1 Å². The molecule has 1 fully saturated rings. The molecule has 1 aromatic carbocycles. The zero-order chi connectivity index (χ0) is 15.6. The highest BCUT2D eigenvalue weighted by atomic mass is 19.4. The first-order valence-electron chi connectivity index (χ1n) is 7.33. The SMILES string of the molecule is CNC(c1cc(F)ccc1C)C1CCCC(C(F)(F)F)C1. The molecule has 0 amide bonds. The van der Waals surface area contributed by atoms with Crippen molar-refractivity contribution in [1.82, 2.24) is 5.32 Å². The van der Waals surface area contributed by atoms with Gasteiger partial charge in [-0.1, -0.05) is 12.5 Å². The van der Waals surface area contributed by atoms with E-state index in [1.807, 2.05) is 6.92 Å². The van der Waals surface area contributed by atoms with Crippen LogP contribution in [0.4, 0.5) is 17.6 Å². The average molecular weight is 303 g/mol. The van der Waals surface area contributed by atoms with Crippen molar-refractivity contribution in [1.29, 1.82) is 0 Å². The fourth-order valence-corrected chi connectivity index (χ4v) is 3.42. The number of alkyl halides is 3. The van der Waals surface area contributed by atoms with E-state index in [0.29, 0.717) is 6.42 Å². The predicted molar refractivity (Wildman–Crippen MR) is 74.4 cm³/mol. The summed E-state index contributed by atoms with van der Waals surface area (Å²) in [6, 6.07) is 4.27. The number of benzene rings is 1. The largest absolute Gasteiger partial charge is 0.391 e. The van der Waals surface area contributed by atoms with Crippen molar-refractivity contribution >= 4 is 0 Å². The van der Waals surface area contributed by atoms with Crippen molar-refractivity contribution < 1.29 is 17.6 Å². The minimum Gasteiger partial charge on any atom is -0.313 e. The molecule has 1 aliphatic carbocycles. The highest BCUT2D eigenvalue weighted by Gasteiger charge is 2.43. The van der Waals surface area contributed by atoms with Crippen LogP contribution in [0.25, 0.3) is 0 Å². The standard InChI is InChI=1S/C16H21F4N/c1-10-6-7-13(17)9-14(10)15(21-2)11-4-3-5-12(8-11)16(18,19)20/h6-7,9,11-12,15,21H,3-5,8H2,1-2H3. The Morgan fingerprint density at radius 1 is 1.24 bits per heavy atom. The first-order chi connectivity index (χ1) is 9.82. The molecule has 3 unspecified atom stereocenters. The lowest BCUT2D eigenvalue weighted by Gasteiger charge is -2.36. The van der Waals surface area contributed by atoms with Gasteiger partial charge in [-0.15, -0.1) is 0 Å². The molecular formula is C16H21F4N. The van der Waals surface area contributed by atoms with Crippen LogP contribution in [0.2, 0.25) is 0 Å². The van der Waals surface area contributed by atoms with Gasteiger partial charge < -0.3 is 5.32 Å². The fourth-order valence-electron chi connectivity index (χ4n) is 3.42. The number of hydrogen-bond acceptors (Lipinski definition) is 1. The summed E-state index contributed by atoms with van der Waals surface area (Å²) in [6.07, 6.45) is -2.49. The number of halogens is 4. The van der Waals surface area contributed by atoms with E-state index in [9.17, 15) is 17.6 Å². The lowest BCUT2D eigenvalue weighted by Crippen LogP contribution is -2.35. The fraction of sp³-hybridized carbons (Fsp3) is 0.625. The molecule has 1 aromatic rings. The van der Waals surface area contributed by atoms with Gasteiger partial charge in [0.1, 0.15) is 5.82 Å². The van der Waals surface area contributed by atoms with Crippen molar-refractivity contribution in [2.24, 2.45) is 11.8 Å². The molecule has 0 bridgehead atoms. The number of rotatable bonds is 3. The van der Waals surface area contributed by atoms with Crippen molar-refractivity contribution in [3.8, 4) is 0 Å². The van der Waals surface area contributed by atoms with Gasteiger partial charge in [0, 0.05) is 6.04 Å². The second-order valence-corrected chi connectivity index (χ2v) is 5.93. The summed E-state index contributed by atoms with van der Waals surface area (Å²) in [5.74, 6) is -1.70. The zero-order valence-corrected chi connectivity index (χ0v) is 12.3. The Hall–Kier alpha value is -1.10. The number of nitrogens with one attached hydrogen (secondary N) is 1. The van der Waals surface area contributed by atoms with Crippen LogP contribution in [0.5, 0.6) is 0 Å². The number of aryl methyl sites for hydroxylation is 1. The van der Waals surface area contributed by atoms with E-state index in [2.05, 4.69) is 5.32 Å². The van der Waals surface area contributed by atoms with Gasteiger partial charge in [-0.3, -0.25) is 0 Å². The molecule has 1 saturated carbocycles. The second kappa shape index (κ2) is 6.34. The van der Waals surface area contributed by atoms with Crippen molar-refractivity contribution in [2.75, 3.05) is 7.05 Å². The van der Waals surface area contributed by atoms with Gasteiger partial charge in [0.2, 0.25) is 0 Å². The molecule has 2 rings (SSSR count). The van der Waals surface area contributed by atoms with E-state index >= 15 is 0 Å². The summed E-state index contributed by atoms with van der Waals surface area (Å²) in [7, 11) is 1.73. The van der Waals surface area contributed by atoms with Gasteiger partial charge in [0.15, 0.2) is 0 Å². The Morgan fingerprint density at radius 2 is 1.95 bits per heavy atom. The first-order valence-corrected chi connectivity index (χ1v) is 7.33. The minimum atomic E-state index is -4.13. The van der Waals surface area contributed by atoms with E-state index in [0.717, 1.165) is 17.5 Å². The average Bonchev–Trinajstić information content (AvgIpc) is 2.43. The second-order valence-electron chi connectivity index (χ2n) is 5.93. The lowest BCUT2D eigenvalue weighted by atomic mass is 9.75. The normalized spacial score (nSPS) is 24.9. The van der Waals surface area contributed by atoms with E-state index in [1.165, 1.54) is 12.1 Å². The molecule has 0 heterocycles. The Morgan fingerprint density at radius 3 is 2.57 bits per heavy atom. The molecule has 0 aliphatic heterocycles. The van der Waals surface area contributed by atoms with E-state index in [4.69, 9.17) is 0 Å². The van der Waals surface area contributed by atoms with Crippen LogP contribution in [0.3, 0.4) is 0 Å². The van der Waals surface area contributed by atoms with Gasteiger partial charge in [0.25, 0.3) is 0 Å². The number of hydrogen-bond donors (Lipinski definition) is 1. The molecule has 0 saturated heterocycles. The van der Waals surface area contributed by atoms with E-state index in [-0.39, 0.29) is 30.6 Å². The van der Waals surface area contributed by atoms with E-state index in [1.54, 1.807) is 13.1 Å². The molecule has 5 heteroatoms. The molecule has 21 heavy (non-hydrogen) atoms. The predicted octanol–water partition coefficient (Wildman–Crippen LogP) is 4.76. The highest BCUT2D eigenvalue weighted by molar-refractivity contribution is 5.30. The molecule has 3 atom stereocenters. The van der Waals surface area contributed by atoms with Crippen molar-refractivity contribution in [3.63, 3.8) is 0 Å². The van der Waals surface area contributed by atoms with Gasteiger partial charge >= 0.3 is 6.18 Å². The van der Waals surface area contributed by atoms with Crippen LogP contribution >= 0.6 is 0 Å². The third kappa shape index (κ3) is 3.76. The summed E-state index contributed by atoms with van der Waals surface area (Å²) in [4.78, 5) is 0. The molecule has 118 valence electrons. The Labute approximate surface area is 122 Å². The van der Waals surface area contributed by atoms with Crippen LogP contribution in [-0.2, 0) is 0 Å². The maximum absolute atomic E-state index is 13.5. The van der Waals surface area contributed by atoms with Gasteiger partial charge in [0.05, 0.1) is 5.92 Å². The quantitative estimate of drug-likeness (QED) is 0.794. The molecule has 0 aromatic heterocycles. The molecule has 0 radical (unpaired) electrons. The smallest absolute Gasteiger partial charge is 0.313 e. The zero-order valence-electron chi connectivity index (χ0n) is 12.3. The third-order valence-electron chi connectivity index (χ3n) is 4.54. The van der Waals surface area contributed by atoms with Crippen molar-refractivity contribution in [2.45, 2.75) is 44.8 Å². The third-order valence-corrected chi connectivity index (χ3v) is 4.54. The lowest BCUT2D eigenvalue weighted by molar-refractivity contribution is -0.186. The molecule has 0 spiro atoms. The topological polar surface area (TPSA) is 12.0 Å². The summed E-state index contributed by atoms with van der Waals surface area (Å²) < 4.78 is 52.3. The Kier molecular flexibility index (Phi) is 4.91. The Bertz CT molecular complexity index is 484. The van der Waals surface area contributed by atoms with Crippen LogP contribution in [0.15, 0.2) is 18.2 Å². The molecule has 1 aliphatic rings. The maximum Gasteiger partial charge on any atom is 0.391 e. The summed E-state index contributed by atoms with van der Waals surface area (Å²) in [5.41, 5.74) is 1.68. The van der Waals surface area contributed by atoms with Crippen LogP contribution < -0.4 is 5.32 Å². The summed E-state index contributed by atoms with van der Waals surface area (Å²) in [5, 5.41) is 3.09. The Balaban J connectivity index is 2.23. The highest BCUT2D eigenvalue weighted by Crippen LogP contribution is 2.44. The maximum atomic E-state index is 13.5. The van der Waals surface area contributed by atoms with Gasteiger partial charge in [-0.2, -0.15) is 13.2 Å². The first kappa shape index (κ1) is 16.3. The van der Waals surface area contributed by atoms with Crippen LogP contribution in [0.1, 0.15) is 42.9 Å². The van der Waals surface area contributed by atoms with Crippen LogP contribution in [0, 0.1) is 24.6 Å². The molecule has 1 nitrogen and oxygen atoms in total. The summed E-state index contributed by atoms with van der Waals surface area (Å²) in [6.45, 7) is 1.86. The molecule has 1 N–H and O–H groups in total. The van der Waals surface area contributed by atoms with Gasteiger partial charge in [-0.25, -0.2) is 4.39 Å². The van der Waals surface area contributed by atoms with Crippen LogP contribution in [-0.4, -0.2) is 13.2 Å².